The average Bonchev–Trinajstić information content (AvgIpc) is 2.84. The molecule has 1 aromatic carbocycles. The van der Waals surface area contributed by atoms with Crippen LogP contribution in [-0.4, -0.2) is 33.4 Å². The number of allylic oxidation sites excluding steroid dienone is 1. The highest BCUT2D eigenvalue weighted by Gasteiger charge is 2.50. The first-order valence-electron chi connectivity index (χ1n) is 8.45. The fraction of sp³-hybridized carbons (Fsp3) is 0.474. The van der Waals surface area contributed by atoms with E-state index < -0.39 is 28.8 Å². The van der Waals surface area contributed by atoms with Crippen LogP contribution in [0.3, 0.4) is 0 Å². The molecule has 1 aliphatic heterocycles. The second kappa shape index (κ2) is 7.39. The Labute approximate surface area is 157 Å². The zero-order valence-corrected chi connectivity index (χ0v) is 17.9. The molecule has 3 nitrogen and oxygen atoms in total. The van der Waals surface area contributed by atoms with E-state index in [1.165, 1.54) is 0 Å². The first-order valence-corrected chi connectivity index (χ1v) is 14.1. The molecule has 1 aliphatic rings. The summed E-state index contributed by atoms with van der Waals surface area (Å²) in [7, 11) is -4.80. The van der Waals surface area contributed by atoms with Crippen LogP contribution in [0.2, 0.25) is 30.7 Å². The van der Waals surface area contributed by atoms with Crippen LogP contribution in [0.4, 0.5) is 0 Å². The smallest absolute Gasteiger partial charge is 0.184 e. The summed E-state index contributed by atoms with van der Waals surface area (Å²) in [6.45, 7) is 12.5. The predicted molar refractivity (Wildman–Crippen MR) is 108 cm³/mol. The van der Waals surface area contributed by atoms with Crippen molar-refractivity contribution in [2.45, 2.75) is 60.9 Å². The van der Waals surface area contributed by atoms with Crippen LogP contribution in [0.15, 0.2) is 54.0 Å². The van der Waals surface area contributed by atoms with Gasteiger partial charge in [-0.1, -0.05) is 49.5 Å². The van der Waals surface area contributed by atoms with E-state index in [2.05, 4.69) is 32.3 Å². The van der Waals surface area contributed by atoms with E-state index >= 15 is 0 Å². The second-order valence-electron chi connectivity index (χ2n) is 7.97. The maximum Gasteiger partial charge on any atom is 0.184 e. The Bertz CT molecular complexity index is 750. The van der Waals surface area contributed by atoms with Gasteiger partial charge in [0.15, 0.2) is 9.84 Å². The highest BCUT2D eigenvalue weighted by Crippen LogP contribution is 2.40. The van der Waals surface area contributed by atoms with Crippen molar-refractivity contribution < 1.29 is 13.2 Å². The number of ether oxygens (including phenoxy) is 1. The zero-order valence-electron chi connectivity index (χ0n) is 15.3. The van der Waals surface area contributed by atoms with Gasteiger partial charge in [0.1, 0.15) is 10.9 Å². The van der Waals surface area contributed by atoms with Crippen LogP contribution in [0, 0.1) is 0 Å². The molecule has 2 rings (SSSR count). The minimum Gasteiger partial charge on any atom is -0.363 e. The van der Waals surface area contributed by atoms with Crippen molar-refractivity contribution in [2.75, 3.05) is 0 Å². The summed E-state index contributed by atoms with van der Waals surface area (Å²) in [6, 6.07) is 7.32. The molecular formula is C19H27ClO3SSi. The maximum atomic E-state index is 13.2. The summed E-state index contributed by atoms with van der Waals surface area (Å²) in [6.07, 6.45) is 5.84. The molecular weight excluding hydrogens is 372 g/mol. The van der Waals surface area contributed by atoms with Gasteiger partial charge in [-0.2, -0.15) is 0 Å². The molecule has 1 fully saturated rings. The van der Waals surface area contributed by atoms with Gasteiger partial charge < -0.3 is 4.74 Å². The molecule has 1 aromatic rings. The third kappa shape index (κ3) is 4.85. The van der Waals surface area contributed by atoms with E-state index in [-0.39, 0.29) is 11.0 Å². The molecule has 0 amide bonds. The minimum atomic E-state index is -3.54. The predicted octanol–water partition coefficient (Wildman–Crippen LogP) is 5.11. The molecule has 0 saturated carbocycles. The Morgan fingerprint density at radius 1 is 1.32 bits per heavy atom. The molecule has 0 spiro atoms. The number of halogens is 1. The molecule has 6 heteroatoms. The second-order valence-corrected chi connectivity index (χ2v) is 16.1. The van der Waals surface area contributed by atoms with Crippen LogP contribution < -0.4 is 0 Å². The lowest BCUT2D eigenvalue weighted by atomic mass is 10.0. The maximum absolute atomic E-state index is 13.2. The van der Waals surface area contributed by atoms with Crippen LogP contribution in [-0.2, 0) is 14.6 Å². The van der Waals surface area contributed by atoms with E-state index in [0.29, 0.717) is 11.4 Å². The number of rotatable bonds is 6. The van der Waals surface area contributed by atoms with Gasteiger partial charge in [0.05, 0.1) is 11.0 Å². The molecule has 0 aliphatic carbocycles. The largest absolute Gasteiger partial charge is 0.363 e. The van der Waals surface area contributed by atoms with Gasteiger partial charge in [0.25, 0.3) is 0 Å². The lowest BCUT2D eigenvalue weighted by Gasteiger charge is -2.27. The summed E-state index contributed by atoms with van der Waals surface area (Å²) in [5, 5.41) is -0.134. The van der Waals surface area contributed by atoms with Gasteiger partial charge in [-0.3, -0.25) is 0 Å². The van der Waals surface area contributed by atoms with Crippen LogP contribution in [0.1, 0.15) is 13.3 Å². The Balaban J connectivity index is 2.38. The lowest BCUT2D eigenvalue weighted by molar-refractivity contribution is 0.0282. The summed E-state index contributed by atoms with van der Waals surface area (Å²) in [5.41, 5.74) is -0.864. The molecule has 0 aromatic heterocycles. The highest BCUT2D eigenvalue weighted by atomic mass is 35.5. The molecule has 0 bridgehead atoms. The average molecular weight is 399 g/mol. The first-order chi connectivity index (χ1) is 11.5. The molecule has 0 unspecified atom stereocenters. The molecule has 1 heterocycles. The van der Waals surface area contributed by atoms with E-state index in [9.17, 15) is 8.42 Å². The molecule has 3 atom stereocenters. The van der Waals surface area contributed by atoms with E-state index in [0.717, 1.165) is 6.04 Å². The Hall–Kier alpha value is -0.883. The summed E-state index contributed by atoms with van der Waals surface area (Å²) >= 11 is 5.89. The van der Waals surface area contributed by atoms with E-state index in [1.54, 1.807) is 30.3 Å². The number of hydrogen-bond donors (Lipinski definition) is 0. The van der Waals surface area contributed by atoms with Crippen molar-refractivity contribution in [2.24, 2.45) is 0 Å². The summed E-state index contributed by atoms with van der Waals surface area (Å²) in [4.78, 5) is 0.278. The minimum absolute atomic E-state index is 0.270. The Morgan fingerprint density at radius 3 is 2.44 bits per heavy atom. The van der Waals surface area contributed by atoms with Crippen molar-refractivity contribution in [1.29, 1.82) is 0 Å². The van der Waals surface area contributed by atoms with Gasteiger partial charge in [-0.05, 0) is 43.7 Å². The van der Waals surface area contributed by atoms with Crippen molar-refractivity contribution in [3.05, 3.63) is 54.1 Å². The van der Waals surface area contributed by atoms with Crippen LogP contribution in [0.25, 0.3) is 0 Å². The molecule has 0 N–H and O–H groups in total. The van der Waals surface area contributed by atoms with Crippen molar-refractivity contribution in [3.8, 4) is 0 Å². The quantitative estimate of drug-likeness (QED) is 0.494. The topological polar surface area (TPSA) is 43.4 Å². The first kappa shape index (κ1) is 20.4. The van der Waals surface area contributed by atoms with E-state index in [4.69, 9.17) is 16.3 Å². The SMILES string of the molecule is C=C[C@@H]1C[C@H](S(=O)(=O)c2ccc(Cl)cc2)[C@](C)(/C=C/C[Si](C)(C)C)O1. The standard InChI is InChI=1S/C19H27ClO3SSi/c1-6-16-14-18(19(2,23-16)12-7-13-25(3,4)5)24(21,22)17-10-8-15(20)9-11-17/h6-12,16,18H,1,13-14H2,2-5H3/b12-7+/t16-,18+,19+/m1/s1. The number of benzene rings is 1. The zero-order chi connectivity index (χ0) is 18.9. The summed E-state index contributed by atoms with van der Waals surface area (Å²) < 4.78 is 32.5. The lowest BCUT2D eigenvalue weighted by Crippen LogP contribution is -2.39. The monoisotopic (exact) mass is 398 g/mol. The number of sulfone groups is 1. The third-order valence-corrected chi connectivity index (χ3v) is 8.50. The van der Waals surface area contributed by atoms with Gasteiger partial charge in [-0.25, -0.2) is 8.42 Å². The van der Waals surface area contributed by atoms with Gasteiger partial charge in [0.2, 0.25) is 0 Å². The fourth-order valence-electron chi connectivity index (χ4n) is 3.06. The van der Waals surface area contributed by atoms with Gasteiger partial charge in [-0.15, -0.1) is 6.58 Å². The van der Waals surface area contributed by atoms with Crippen molar-refractivity contribution in [3.63, 3.8) is 0 Å². The summed E-state index contributed by atoms with van der Waals surface area (Å²) in [5.74, 6) is 0. The van der Waals surface area contributed by atoms with Gasteiger partial charge >= 0.3 is 0 Å². The van der Waals surface area contributed by atoms with Crippen LogP contribution >= 0.6 is 11.6 Å². The Kier molecular flexibility index (Phi) is 6.04. The van der Waals surface area contributed by atoms with Crippen molar-refractivity contribution in [1.82, 2.24) is 0 Å². The fourth-order valence-corrected chi connectivity index (χ4v) is 6.04. The third-order valence-electron chi connectivity index (χ3n) is 4.45. The van der Waals surface area contributed by atoms with E-state index in [1.807, 2.05) is 13.0 Å². The van der Waals surface area contributed by atoms with Crippen LogP contribution in [0.5, 0.6) is 0 Å². The molecule has 0 radical (unpaired) electrons. The normalized spacial score (nSPS) is 27.7. The molecule has 1 saturated heterocycles. The molecule has 138 valence electrons. The Morgan fingerprint density at radius 2 is 1.92 bits per heavy atom. The highest BCUT2D eigenvalue weighted by molar-refractivity contribution is 7.92. The van der Waals surface area contributed by atoms with Crippen molar-refractivity contribution >= 4 is 29.5 Å². The number of hydrogen-bond acceptors (Lipinski definition) is 3. The van der Waals surface area contributed by atoms with Gasteiger partial charge in [0, 0.05) is 13.1 Å². The molecule has 25 heavy (non-hydrogen) atoms.